The lowest BCUT2D eigenvalue weighted by atomic mass is 9.96. The third-order valence-corrected chi connectivity index (χ3v) is 6.50. The molecule has 0 aliphatic carbocycles. The first-order valence-corrected chi connectivity index (χ1v) is 11.1. The van der Waals surface area contributed by atoms with Gasteiger partial charge in [0.25, 0.3) is 5.91 Å². The highest BCUT2D eigenvalue weighted by Gasteiger charge is 2.20. The molecule has 0 saturated carbocycles. The van der Waals surface area contributed by atoms with Crippen molar-refractivity contribution in [2.24, 2.45) is 0 Å². The number of nitrogens with one attached hydrogen (secondary N) is 1. The van der Waals surface area contributed by atoms with Gasteiger partial charge in [0, 0.05) is 42.5 Å². The number of amides is 1. The molecule has 5 rings (SSSR count). The minimum absolute atomic E-state index is 0.0489. The molecule has 1 aromatic heterocycles. The molecule has 1 aliphatic heterocycles. The fourth-order valence-electron chi connectivity index (χ4n) is 4.53. The van der Waals surface area contributed by atoms with Crippen LogP contribution in [-0.2, 0) is 19.5 Å². The maximum atomic E-state index is 12.9. The maximum Gasteiger partial charge on any atom is 0.255 e. The zero-order valence-corrected chi connectivity index (χ0v) is 18.6. The molecule has 0 unspecified atom stereocenters. The van der Waals surface area contributed by atoms with E-state index in [-0.39, 0.29) is 5.91 Å². The van der Waals surface area contributed by atoms with Crippen LogP contribution < -0.4 is 5.32 Å². The molecule has 1 amide bonds. The van der Waals surface area contributed by atoms with E-state index in [1.807, 2.05) is 49.5 Å². The predicted molar refractivity (Wildman–Crippen MR) is 130 cm³/mol. The smallest absolute Gasteiger partial charge is 0.255 e. The van der Waals surface area contributed by atoms with Crippen molar-refractivity contribution in [3.8, 4) is 0 Å². The van der Waals surface area contributed by atoms with E-state index in [4.69, 9.17) is 0 Å². The number of carbonyl (C=O) groups excluding carboxylic acids is 1. The number of para-hydroxylation sites is 1. The van der Waals surface area contributed by atoms with Gasteiger partial charge in [-0.25, -0.2) is 0 Å². The Hall–Kier alpha value is -3.50. The Kier molecular flexibility index (Phi) is 5.46. The summed E-state index contributed by atoms with van der Waals surface area (Å²) >= 11 is 0. The topological polar surface area (TPSA) is 45.2 Å². The summed E-state index contributed by atoms with van der Waals surface area (Å²) in [5, 5.41) is 4.37. The van der Waals surface area contributed by atoms with Crippen molar-refractivity contribution in [1.82, 2.24) is 9.88 Å². The Labute approximate surface area is 188 Å². The lowest BCUT2D eigenvalue weighted by Gasteiger charge is -2.30. The normalized spacial score (nSPS) is 13.7. The molecule has 1 N–H and O–H groups in total. The number of hydrogen-bond acceptors (Lipinski definition) is 3. The molecule has 0 saturated heterocycles. The van der Waals surface area contributed by atoms with E-state index in [0.717, 1.165) is 42.8 Å². The van der Waals surface area contributed by atoms with E-state index in [9.17, 15) is 4.79 Å². The van der Waals surface area contributed by atoms with Gasteiger partial charge >= 0.3 is 0 Å². The number of pyridine rings is 1. The largest absolute Gasteiger partial charge is 0.322 e. The molecule has 0 bridgehead atoms. The Morgan fingerprint density at radius 1 is 1.00 bits per heavy atom. The highest BCUT2D eigenvalue weighted by atomic mass is 16.1. The average molecular weight is 422 g/mol. The number of fused-ring (bicyclic) bond motifs is 2. The summed E-state index contributed by atoms with van der Waals surface area (Å²) in [7, 11) is 0. The number of anilines is 1. The fraction of sp³-hybridized carbons (Fsp3) is 0.214. The molecule has 4 aromatic rings. The van der Waals surface area contributed by atoms with Gasteiger partial charge < -0.3 is 5.32 Å². The van der Waals surface area contributed by atoms with Crippen LogP contribution in [0.25, 0.3) is 10.9 Å². The minimum Gasteiger partial charge on any atom is -0.322 e. The number of benzene rings is 3. The summed E-state index contributed by atoms with van der Waals surface area (Å²) in [6, 6.07) is 22.5. The van der Waals surface area contributed by atoms with Crippen LogP contribution >= 0.6 is 0 Å². The monoisotopic (exact) mass is 421 g/mol. The second-order valence-corrected chi connectivity index (χ2v) is 8.64. The number of nitrogens with zero attached hydrogens (tertiary/aromatic N) is 2. The van der Waals surface area contributed by atoms with Crippen molar-refractivity contribution < 1.29 is 4.79 Å². The summed E-state index contributed by atoms with van der Waals surface area (Å²) < 4.78 is 0. The SMILES string of the molecule is Cc1ccc(C(=O)Nc2cccc3c2CCN(Cc2ccnc4ccccc24)C3)cc1C. The molecule has 4 heteroatoms. The van der Waals surface area contributed by atoms with Crippen LogP contribution in [0.3, 0.4) is 0 Å². The molecule has 3 aromatic carbocycles. The van der Waals surface area contributed by atoms with Crippen molar-refractivity contribution in [2.75, 3.05) is 11.9 Å². The molecule has 1 aliphatic rings. The molecule has 2 heterocycles. The third kappa shape index (κ3) is 4.02. The Bertz CT molecular complexity index is 1310. The highest BCUT2D eigenvalue weighted by molar-refractivity contribution is 6.05. The van der Waals surface area contributed by atoms with Gasteiger partial charge in [-0.1, -0.05) is 36.4 Å². The Balaban J connectivity index is 1.34. The number of aromatic nitrogens is 1. The first-order chi connectivity index (χ1) is 15.6. The van der Waals surface area contributed by atoms with Crippen LogP contribution in [0, 0.1) is 13.8 Å². The van der Waals surface area contributed by atoms with Crippen LogP contribution in [0.4, 0.5) is 5.69 Å². The molecule has 0 atom stereocenters. The molecule has 160 valence electrons. The number of hydrogen-bond donors (Lipinski definition) is 1. The van der Waals surface area contributed by atoms with Gasteiger partial charge in [-0.3, -0.25) is 14.7 Å². The average Bonchev–Trinajstić information content (AvgIpc) is 2.81. The molecule has 0 fully saturated rings. The molecule has 0 radical (unpaired) electrons. The van der Waals surface area contributed by atoms with Gasteiger partial charge in [0.05, 0.1) is 5.52 Å². The molecule has 32 heavy (non-hydrogen) atoms. The summed E-state index contributed by atoms with van der Waals surface area (Å²) in [6.45, 7) is 6.82. The van der Waals surface area contributed by atoms with Crippen molar-refractivity contribution >= 4 is 22.5 Å². The number of carbonyl (C=O) groups is 1. The van der Waals surface area contributed by atoms with Gasteiger partial charge in [-0.05, 0) is 78.4 Å². The van der Waals surface area contributed by atoms with Gasteiger partial charge in [0.1, 0.15) is 0 Å². The first kappa shape index (κ1) is 20.4. The van der Waals surface area contributed by atoms with Crippen LogP contribution in [0.2, 0.25) is 0 Å². The molecule has 0 spiro atoms. The van der Waals surface area contributed by atoms with Crippen LogP contribution in [0.15, 0.2) is 72.9 Å². The van der Waals surface area contributed by atoms with Crippen molar-refractivity contribution in [1.29, 1.82) is 0 Å². The Morgan fingerprint density at radius 2 is 1.88 bits per heavy atom. The maximum absolute atomic E-state index is 12.9. The molecular weight excluding hydrogens is 394 g/mol. The standard InChI is InChI=1S/C28H27N3O/c1-19-10-11-21(16-20(19)2)28(32)30-27-9-5-6-22-17-31(15-13-25(22)27)18-23-12-14-29-26-8-4-3-7-24(23)26/h3-12,14,16H,13,15,17-18H2,1-2H3,(H,30,32). The summed E-state index contributed by atoms with van der Waals surface area (Å²) in [4.78, 5) is 19.8. The Morgan fingerprint density at radius 3 is 2.75 bits per heavy atom. The zero-order valence-electron chi connectivity index (χ0n) is 18.6. The van der Waals surface area contributed by atoms with Crippen LogP contribution in [0.5, 0.6) is 0 Å². The highest BCUT2D eigenvalue weighted by Crippen LogP contribution is 2.28. The third-order valence-electron chi connectivity index (χ3n) is 6.50. The van der Waals surface area contributed by atoms with Crippen molar-refractivity contribution in [3.63, 3.8) is 0 Å². The summed E-state index contributed by atoms with van der Waals surface area (Å²) in [5.74, 6) is -0.0489. The van der Waals surface area contributed by atoms with Crippen molar-refractivity contribution in [2.45, 2.75) is 33.4 Å². The van der Waals surface area contributed by atoms with Crippen molar-refractivity contribution in [3.05, 3.63) is 106 Å². The minimum atomic E-state index is -0.0489. The van der Waals surface area contributed by atoms with E-state index in [0.29, 0.717) is 5.56 Å². The zero-order chi connectivity index (χ0) is 22.1. The summed E-state index contributed by atoms with van der Waals surface area (Å²) in [6.07, 6.45) is 2.82. The van der Waals surface area contributed by atoms with Gasteiger partial charge in [0.2, 0.25) is 0 Å². The lowest BCUT2D eigenvalue weighted by Crippen LogP contribution is -2.31. The number of rotatable bonds is 4. The van der Waals surface area contributed by atoms with E-state index < -0.39 is 0 Å². The predicted octanol–water partition coefficient (Wildman–Crippen LogP) is 5.66. The molecule has 4 nitrogen and oxygen atoms in total. The van der Waals surface area contributed by atoms with Crippen LogP contribution in [0.1, 0.15) is 38.2 Å². The van der Waals surface area contributed by atoms with E-state index >= 15 is 0 Å². The number of aryl methyl sites for hydroxylation is 2. The van der Waals surface area contributed by atoms with Gasteiger partial charge in [-0.2, -0.15) is 0 Å². The van der Waals surface area contributed by atoms with E-state index in [1.165, 1.54) is 27.6 Å². The second kappa shape index (κ2) is 8.56. The quantitative estimate of drug-likeness (QED) is 0.462. The second-order valence-electron chi connectivity index (χ2n) is 8.64. The van der Waals surface area contributed by atoms with E-state index in [1.54, 1.807) is 0 Å². The van der Waals surface area contributed by atoms with Crippen LogP contribution in [-0.4, -0.2) is 22.3 Å². The van der Waals surface area contributed by atoms with Gasteiger partial charge in [0.15, 0.2) is 0 Å². The fourth-order valence-corrected chi connectivity index (χ4v) is 4.53. The first-order valence-electron chi connectivity index (χ1n) is 11.1. The van der Waals surface area contributed by atoms with Gasteiger partial charge in [-0.15, -0.1) is 0 Å². The lowest BCUT2D eigenvalue weighted by molar-refractivity contribution is 0.102. The summed E-state index contributed by atoms with van der Waals surface area (Å²) in [5.41, 5.74) is 8.84. The van der Waals surface area contributed by atoms with E-state index in [2.05, 4.69) is 52.5 Å². The molecular formula is C28H27N3O.